The highest BCUT2D eigenvalue weighted by molar-refractivity contribution is 9.10. The Bertz CT molecular complexity index is 478. The fraction of sp³-hybridized carbons (Fsp3) is 0.250. The average Bonchev–Trinajstić information content (AvgIpc) is 2.27. The second-order valence-electron chi connectivity index (χ2n) is 2.90. The van der Waals surface area contributed by atoms with Crippen LogP contribution in [-0.2, 0) is 0 Å². The van der Waals surface area contributed by atoms with Gasteiger partial charge in [0, 0.05) is 0 Å². The van der Waals surface area contributed by atoms with Gasteiger partial charge in [-0.15, -0.1) is 0 Å². The Hall–Kier alpha value is -1.10. The molecule has 0 aliphatic carbocycles. The van der Waals surface area contributed by atoms with Crippen molar-refractivity contribution >= 4 is 21.4 Å². The minimum absolute atomic E-state index is 0.144. The fourth-order valence-corrected chi connectivity index (χ4v) is 1.71. The first-order valence-corrected chi connectivity index (χ1v) is 4.60. The minimum Gasteiger partial charge on any atom is -0.503 e. The maximum Gasteiger partial charge on any atom is 0.178 e. The molecule has 0 aliphatic heterocycles. The van der Waals surface area contributed by atoms with Crippen molar-refractivity contribution in [3.05, 3.63) is 22.2 Å². The standard InChI is InChI=1S/C8H8BrN3O/c1-4-3-12-6(5(2)10-4)7(13)8(9)11-12/h3,13H,1-2H3. The van der Waals surface area contributed by atoms with Gasteiger partial charge in [0.1, 0.15) is 5.52 Å². The van der Waals surface area contributed by atoms with Crippen molar-refractivity contribution in [2.75, 3.05) is 0 Å². The summed E-state index contributed by atoms with van der Waals surface area (Å²) >= 11 is 3.16. The van der Waals surface area contributed by atoms with Gasteiger partial charge in [-0.3, -0.25) is 4.98 Å². The van der Waals surface area contributed by atoms with Crippen molar-refractivity contribution in [1.29, 1.82) is 0 Å². The quantitative estimate of drug-likeness (QED) is 0.766. The van der Waals surface area contributed by atoms with Crippen molar-refractivity contribution in [3.8, 4) is 5.75 Å². The molecule has 0 aliphatic rings. The Morgan fingerprint density at radius 1 is 1.46 bits per heavy atom. The zero-order valence-electron chi connectivity index (χ0n) is 7.24. The monoisotopic (exact) mass is 241 g/mol. The summed E-state index contributed by atoms with van der Waals surface area (Å²) in [6.07, 6.45) is 1.77. The highest BCUT2D eigenvalue weighted by Crippen LogP contribution is 2.29. The molecule has 0 aromatic carbocycles. The molecule has 0 radical (unpaired) electrons. The lowest BCUT2D eigenvalue weighted by Crippen LogP contribution is -1.94. The number of aromatic hydroxyl groups is 1. The molecule has 2 heterocycles. The number of fused-ring (bicyclic) bond motifs is 1. The Morgan fingerprint density at radius 2 is 2.15 bits per heavy atom. The van der Waals surface area contributed by atoms with Crippen LogP contribution in [0.2, 0.25) is 0 Å². The molecule has 2 rings (SSSR count). The van der Waals surface area contributed by atoms with Gasteiger partial charge in [0.15, 0.2) is 10.4 Å². The molecule has 2 aromatic rings. The van der Waals surface area contributed by atoms with Crippen LogP contribution in [-0.4, -0.2) is 19.7 Å². The molecular formula is C8H8BrN3O. The molecule has 13 heavy (non-hydrogen) atoms. The van der Waals surface area contributed by atoms with Crippen LogP contribution in [0.15, 0.2) is 10.8 Å². The Kier molecular flexibility index (Phi) is 1.76. The lowest BCUT2D eigenvalue weighted by atomic mass is 10.3. The van der Waals surface area contributed by atoms with Gasteiger partial charge >= 0.3 is 0 Å². The molecule has 68 valence electrons. The molecule has 0 unspecified atom stereocenters. The molecule has 0 bridgehead atoms. The first kappa shape index (κ1) is 8.50. The maximum atomic E-state index is 9.60. The number of aromatic nitrogens is 3. The van der Waals surface area contributed by atoms with Crippen molar-refractivity contribution in [2.24, 2.45) is 0 Å². The fourth-order valence-electron chi connectivity index (χ4n) is 1.35. The molecule has 0 saturated heterocycles. The van der Waals surface area contributed by atoms with E-state index in [4.69, 9.17) is 0 Å². The van der Waals surface area contributed by atoms with Gasteiger partial charge in [-0.25, -0.2) is 4.52 Å². The zero-order chi connectivity index (χ0) is 9.59. The largest absolute Gasteiger partial charge is 0.503 e. The molecule has 0 amide bonds. The molecule has 4 nitrogen and oxygen atoms in total. The summed E-state index contributed by atoms with van der Waals surface area (Å²) in [7, 11) is 0. The molecule has 0 atom stereocenters. The van der Waals surface area contributed by atoms with Crippen LogP contribution < -0.4 is 0 Å². The molecule has 0 fully saturated rings. The summed E-state index contributed by atoms with van der Waals surface area (Å²) in [5.41, 5.74) is 2.30. The summed E-state index contributed by atoms with van der Waals surface area (Å²) < 4.78 is 2.07. The van der Waals surface area contributed by atoms with Gasteiger partial charge in [0.05, 0.1) is 17.6 Å². The number of halogens is 1. The van der Waals surface area contributed by atoms with E-state index in [1.165, 1.54) is 0 Å². The third-order valence-electron chi connectivity index (χ3n) is 1.84. The van der Waals surface area contributed by atoms with Crippen LogP contribution >= 0.6 is 15.9 Å². The van der Waals surface area contributed by atoms with Crippen LogP contribution in [0.5, 0.6) is 5.75 Å². The van der Waals surface area contributed by atoms with Gasteiger partial charge in [0.25, 0.3) is 0 Å². The summed E-state index contributed by atoms with van der Waals surface area (Å²) in [6.45, 7) is 3.73. The highest BCUT2D eigenvalue weighted by atomic mass is 79.9. The SMILES string of the molecule is Cc1cn2nc(Br)c(O)c2c(C)n1. The maximum absolute atomic E-state index is 9.60. The van der Waals surface area contributed by atoms with Gasteiger partial charge in [-0.2, -0.15) is 5.10 Å². The van der Waals surface area contributed by atoms with E-state index in [1.807, 2.05) is 13.8 Å². The minimum atomic E-state index is 0.144. The lowest BCUT2D eigenvalue weighted by Gasteiger charge is -1.98. The molecule has 2 aromatic heterocycles. The number of nitrogens with zero attached hydrogens (tertiary/aromatic N) is 3. The summed E-state index contributed by atoms with van der Waals surface area (Å²) in [5.74, 6) is 0.144. The molecule has 5 heteroatoms. The smallest absolute Gasteiger partial charge is 0.178 e. The molecule has 1 N–H and O–H groups in total. The van der Waals surface area contributed by atoms with Crippen LogP contribution in [0.3, 0.4) is 0 Å². The third-order valence-corrected chi connectivity index (χ3v) is 2.37. The van der Waals surface area contributed by atoms with Gasteiger partial charge < -0.3 is 5.11 Å². The van der Waals surface area contributed by atoms with Gasteiger partial charge in [0.2, 0.25) is 0 Å². The van der Waals surface area contributed by atoms with E-state index < -0.39 is 0 Å². The Morgan fingerprint density at radius 3 is 2.85 bits per heavy atom. The van der Waals surface area contributed by atoms with E-state index >= 15 is 0 Å². The number of hydrogen-bond donors (Lipinski definition) is 1. The van der Waals surface area contributed by atoms with E-state index in [2.05, 4.69) is 26.0 Å². The number of aryl methyl sites for hydroxylation is 2. The molecule has 0 spiro atoms. The first-order valence-electron chi connectivity index (χ1n) is 3.80. The average molecular weight is 242 g/mol. The third kappa shape index (κ3) is 1.19. The summed E-state index contributed by atoms with van der Waals surface area (Å²) in [5, 5.41) is 13.7. The molecule has 0 saturated carbocycles. The van der Waals surface area contributed by atoms with Gasteiger partial charge in [-0.1, -0.05) is 0 Å². The number of rotatable bonds is 0. The Balaban J connectivity index is 2.94. The van der Waals surface area contributed by atoms with Crippen molar-refractivity contribution in [3.63, 3.8) is 0 Å². The van der Waals surface area contributed by atoms with Gasteiger partial charge in [-0.05, 0) is 29.8 Å². The molecular weight excluding hydrogens is 234 g/mol. The predicted molar refractivity (Wildman–Crippen MR) is 51.8 cm³/mol. The van der Waals surface area contributed by atoms with E-state index in [9.17, 15) is 5.11 Å². The van der Waals surface area contributed by atoms with Crippen LogP contribution in [0.25, 0.3) is 5.52 Å². The van der Waals surface area contributed by atoms with Crippen LogP contribution in [0.4, 0.5) is 0 Å². The second-order valence-corrected chi connectivity index (χ2v) is 3.65. The lowest BCUT2D eigenvalue weighted by molar-refractivity contribution is 0.477. The first-order chi connectivity index (χ1) is 6.09. The van der Waals surface area contributed by atoms with E-state index in [0.717, 1.165) is 11.4 Å². The van der Waals surface area contributed by atoms with E-state index in [1.54, 1.807) is 10.7 Å². The highest BCUT2D eigenvalue weighted by Gasteiger charge is 2.11. The van der Waals surface area contributed by atoms with Crippen molar-refractivity contribution in [1.82, 2.24) is 14.6 Å². The normalized spacial score (nSPS) is 11.0. The number of hydrogen-bond acceptors (Lipinski definition) is 3. The summed E-state index contributed by atoms with van der Waals surface area (Å²) in [4.78, 5) is 4.23. The van der Waals surface area contributed by atoms with Crippen LogP contribution in [0, 0.1) is 13.8 Å². The van der Waals surface area contributed by atoms with Crippen molar-refractivity contribution in [2.45, 2.75) is 13.8 Å². The second kappa shape index (κ2) is 2.70. The predicted octanol–water partition coefficient (Wildman–Crippen LogP) is 1.81. The van der Waals surface area contributed by atoms with Crippen molar-refractivity contribution < 1.29 is 5.11 Å². The topological polar surface area (TPSA) is 50.4 Å². The van der Waals surface area contributed by atoms with Crippen LogP contribution in [0.1, 0.15) is 11.4 Å². The summed E-state index contributed by atoms with van der Waals surface area (Å²) in [6, 6.07) is 0. The van der Waals surface area contributed by atoms with E-state index in [0.29, 0.717) is 10.1 Å². The zero-order valence-corrected chi connectivity index (χ0v) is 8.83. The van der Waals surface area contributed by atoms with E-state index in [-0.39, 0.29) is 5.75 Å². The Labute approximate surface area is 83.3 Å².